The normalized spacial score (nSPS) is 24.8. The van der Waals surface area contributed by atoms with E-state index < -0.39 is 0 Å². The summed E-state index contributed by atoms with van der Waals surface area (Å²) in [5.74, 6) is 1.09. The van der Waals surface area contributed by atoms with Gasteiger partial charge in [0.05, 0.1) is 25.8 Å². The van der Waals surface area contributed by atoms with Crippen molar-refractivity contribution in [2.75, 3.05) is 12.4 Å². The molecule has 33 heavy (non-hydrogen) atoms. The van der Waals surface area contributed by atoms with Gasteiger partial charge in [0, 0.05) is 29.4 Å². The minimum Gasteiger partial charge on any atom is -0.495 e. The van der Waals surface area contributed by atoms with Crippen molar-refractivity contribution >= 4 is 17.8 Å². The number of aromatic nitrogens is 3. The van der Waals surface area contributed by atoms with Crippen LogP contribution in [0.15, 0.2) is 24.4 Å². The molecule has 10 nitrogen and oxygen atoms in total. The fourth-order valence-electron chi connectivity index (χ4n) is 4.50. The van der Waals surface area contributed by atoms with Crippen molar-refractivity contribution in [2.24, 2.45) is 0 Å². The molecule has 2 fully saturated rings. The van der Waals surface area contributed by atoms with Crippen LogP contribution in [-0.4, -0.2) is 57.6 Å². The van der Waals surface area contributed by atoms with E-state index in [1.807, 2.05) is 6.07 Å². The number of carbonyl (C=O) groups excluding carboxylic acids is 2. The highest BCUT2D eigenvalue weighted by Crippen LogP contribution is 2.36. The molecule has 0 aromatic carbocycles. The summed E-state index contributed by atoms with van der Waals surface area (Å²) in [7, 11) is 1.57. The van der Waals surface area contributed by atoms with Crippen LogP contribution in [0, 0.1) is 0 Å². The van der Waals surface area contributed by atoms with Crippen LogP contribution in [0.4, 0.5) is 10.6 Å². The van der Waals surface area contributed by atoms with Crippen LogP contribution in [0.1, 0.15) is 62.3 Å². The number of amides is 2. The number of methoxy groups -OCH3 is 1. The Morgan fingerprint density at radius 3 is 2.73 bits per heavy atom. The number of rotatable bonds is 7. The molecule has 0 radical (unpaired) electrons. The Labute approximate surface area is 192 Å². The number of nitrogens with zero attached hydrogens (tertiary/aromatic N) is 2. The summed E-state index contributed by atoms with van der Waals surface area (Å²) >= 11 is 0. The van der Waals surface area contributed by atoms with Gasteiger partial charge in [-0.1, -0.05) is 0 Å². The molecule has 0 saturated heterocycles. The molecule has 2 aromatic heterocycles. The Bertz CT molecular complexity index is 939. The van der Waals surface area contributed by atoms with E-state index in [1.165, 1.54) is 0 Å². The molecule has 2 aliphatic carbocycles. The lowest BCUT2D eigenvalue weighted by Gasteiger charge is -2.26. The number of anilines is 1. The Kier molecular flexibility index (Phi) is 7.43. The van der Waals surface area contributed by atoms with E-state index in [4.69, 9.17) is 9.47 Å². The molecule has 2 saturated carbocycles. The van der Waals surface area contributed by atoms with E-state index in [-0.39, 0.29) is 42.6 Å². The molecule has 10 heteroatoms. The first-order chi connectivity index (χ1) is 16.0. The van der Waals surface area contributed by atoms with Gasteiger partial charge in [-0.3, -0.25) is 14.9 Å². The molecule has 4 N–H and O–H groups in total. The molecule has 0 spiro atoms. The van der Waals surface area contributed by atoms with Crippen molar-refractivity contribution in [3.8, 4) is 5.75 Å². The number of nitrogens with one attached hydrogen (secondary N) is 3. The SMILES string of the molecule is COc1ccc(CC(=O)Nc2cc([C@@H]3CC[C@H](OC(=O)N[C@H]4CC[C@@H](O)CC4)C3)[nH]n2)nc1. The molecule has 0 bridgehead atoms. The predicted octanol–water partition coefficient (Wildman–Crippen LogP) is 2.66. The van der Waals surface area contributed by atoms with E-state index in [0.29, 0.717) is 36.5 Å². The summed E-state index contributed by atoms with van der Waals surface area (Å²) in [6.07, 6.45) is 6.29. The molecule has 178 valence electrons. The fourth-order valence-corrected chi connectivity index (χ4v) is 4.50. The van der Waals surface area contributed by atoms with Crippen LogP contribution in [0.2, 0.25) is 0 Å². The third kappa shape index (κ3) is 6.44. The Balaban J connectivity index is 1.21. The van der Waals surface area contributed by atoms with Crippen molar-refractivity contribution in [1.29, 1.82) is 0 Å². The van der Waals surface area contributed by atoms with Crippen molar-refractivity contribution in [2.45, 2.75) is 75.5 Å². The molecule has 0 aliphatic heterocycles. The van der Waals surface area contributed by atoms with Gasteiger partial charge in [0.1, 0.15) is 11.9 Å². The van der Waals surface area contributed by atoms with Crippen LogP contribution < -0.4 is 15.4 Å². The Morgan fingerprint density at radius 1 is 1.18 bits per heavy atom. The lowest BCUT2D eigenvalue weighted by molar-refractivity contribution is -0.115. The van der Waals surface area contributed by atoms with Crippen LogP contribution in [0.25, 0.3) is 0 Å². The number of aliphatic hydroxyl groups excluding tert-OH is 1. The topological polar surface area (TPSA) is 138 Å². The van der Waals surface area contributed by atoms with Gasteiger partial charge in [-0.25, -0.2) is 4.79 Å². The standard InChI is InChI=1S/C23H31N5O5/c1-32-19-9-5-16(24-13-19)11-22(30)26-21-12-20(27-28-21)14-2-8-18(10-14)33-23(31)25-15-3-6-17(29)7-4-15/h5,9,12-15,17-18,29H,2-4,6-8,10-11H2,1H3,(H,25,31)(H2,26,27,28,30)/t14-,15-,17+,18+/m1/s1. The molecular formula is C23H31N5O5. The number of hydrogen-bond donors (Lipinski definition) is 4. The van der Waals surface area contributed by atoms with E-state index >= 15 is 0 Å². The minimum atomic E-state index is -0.383. The highest BCUT2D eigenvalue weighted by Gasteiger charge is 2.31. The maximum Gasteiger partial charge on any atom is 0.407 e. The lowest BCUT2D eigenvalue weighted by atomic mass is 9.93. The number of alkyl carbamates (subject to hydrolysis) is 1. The summed E-state index contributed by atoms with van der Waals surface area (Å²) in [4.78, 5) is 28.7. The average molecular weight is 458 g/mol. The zero-order valence-corrected chi connectivity index (χ0v) is 18.8. The first-order valence-electron chi connectivity index (χ1n) is 11.5. The highest BCUT2D eigenvalue weighted by molar-refractivity contribution is 5.91. The van der Waals surface area contributed by atoms with Gasteiger partial charge in [-0.2, -0.15) is 5.10 Å². The van der Waals surface area contributed by atoms with Crippen LogP contribution in [-0.2, 0) is 16.0 Å². The maximum atomic E-state index is 12.3. The molecule has 0 unspecified atom stereocenters. The number of aliphatic hydroxyl groups is 1. The first-order valence-corrected chi connectivity index (χ1v) is 11.5. The Hall–Kier alpha value is -3.14. The molecule has 2 heterocycles. The summed E-state index contributed by atoms with van der Waals surface area (Å²) in [5, 5.41) is 22.5. The lowest BCUT2D eigenvalue weighted by Crippen LogP contribution is -2.40. The molecule has 4 rings (SSSR count). The number of carbonyl (C=O) groups is 2. The second kappa shape index (κ2) is 10.7. The zero-order valence-electron chi connectivity index (χ0n) is 18.8. The fraction of sp³-hybridized carbons (Fsp3) is 0.565. The largest absolute Gasteiger partial charge is 0.495 e. The third-order valence-electron chi connectivity index (χ3n) is 6.36. The second-order valence-electron chi connectivity index (χ2n) is 8.81. The van der Waals surface area contributed by atoms with Crippen molar-refractivity contribution in [3.05, 3.63) is 35.8 Å². The number of pyridine rings is 1. The third-order valence-corrected chi connectivity index (χ3v) is 6.36. The second-order valence-corrected chi connectivity index (χ2v) is 8.81. The minimum absolute atomic E-state index is 0.0741. The summed E-state index contributed by atoms with van der Waals surface area (Å²) < 4.78 is 10.7. The molecule has 2 amide bonds. The van der Waals surface area contributed by atoms with Crippen LogP contribution >= 0.6 is 0 Å². The number of ether oxygens (including phenoxy) is 2. The summed E-state index contributed by atoms with van der Waals surface area (Å²) in [6, 6.07) is 5.42. The van der Waals surface area contributed by atoms with Gasteiger partial charge in [0.2, 0.25) is 5.91 Å². The number of hydrogen-bond acceptors (Lipinski definition) is 7. The van der Waals surface area contributed by atoms with Gasteiger partial charge in [0.25, 0.3) is 0 Å². The van der Waals surface area contributed by atoms with Crippen LogP contribution in [0.5, 0.6) is 5.75 Å². The van der Waals surface area contributed by atoms with E-state index in [1.54, 1.807) is 25.4 Å². The quantitative estimate of drug-likeness (QED) is 0.501. The first kappa shape index (κ1) is 23.0. The number of aromatic amines is 1. The van der Waals surface area contributed by atoms with E-state index in [9.17, 15) is 14.7 Å². The van der Waals surface area contributed by atoms with E-state index in [2.05, 4.69) is 25.8 Å². The summed E-state index contributed by atoms with van der Waals surface area (Å²) in [5.41, 5.74) is 1.56. The predicted molar refractivity (Wildman–Crippen MR) is 120 cm³/mol. The Morgan fingerprint density at radius 2 is 2.00 bits per heavy atom. The molecule has 2 atom stereocenters. The van der Waals surface area contributed by atoms with Gasteiger partial charge in [0.15, 0.2) is 5.82 Å². The molecule has 2 aliphatic rings. The zero-order chi connectivity index (χ0) is 23.2. The van der Waals surface area contributed by atoms with Gasteiger partial charge in [-0.15, -0.1) is 0 Å². The van der Waals surface area contributed by atoms with Gasteiger partial charge >= 0.3 is 6.09 Å². The molecule has 2 aromatic rings. The molecular weight excluding hydrogens is 426 g/mol. The smallest absolute Gasteiger partial charge is 0.407 e. The van der Waals surface area contributed by atoms with Crippen molar-refractivity contribution in [3.63, 3.8) is 0 Å². The number of H-pyrrole nitrogens is 1. The van der Waals surface area contributed by atoms with Crippen LogP contribution in [0.3, 0.4) is 0 Å². The van der Waals surface area contributed by atoms with Gasteiger partial charge < -0.3 is 25.2 Å². The summed E-state index contributed by atoms with van der Waals surface area (Å²) in [6.45, 7) is 0. The maximum absolute atomic E-state index is 12.3. The average Bonchev–Trinajstić information content (AvgIpc) is 3.45. The van der Waals surface area contributed by atoms with E-state index in [0.717, 1.165) is 31.4 Å². The monoisotopic (exact) mass is 457 g/mol. The van der Waals surface area contributed by atoms with Crippen molar-refractivity contribution < 1.29 is 24.2 Å². The van der Waals surface area contributed by atoms with Crippen molar-refractivity contribution in [1.82, 2.24) is 20.5 Å². The van der Waals surface area contributed by atoms with Gasteiger partial charge in [-0.05, 0) is 57.1 Å². The highest BCUT2D eigenvalue weighted by atomic mass is 16.6.